The van der Waals surface area contributed by atoms with E-state index in [0.29, 0.717) is 45.1 Å². The first kappa shape index (κ1) is 19.5. The second kappa shape index (κ2) is 9.11. The zero-order valence-electron chi connectivity index (χ0n) is 16.3. The van der Waals surface area contributed by atoms with Gasteiger partial charge in [-0.1, -0.05) is 6.07 Å². The number of carbonyl (C=O) groups excluding carboxylic acids is 2. The monoisotopic (exact) mass is 374 g/mol. The van der Waals surface area contributed by atoms with E-state index in [0.717, 1.165) is 23.6 Å². The summed E-state index contributed by atoms with van der Waals surface area (Å²) in [7, 11) is 0. The highest BCUT2D eigenvalue weighted by Gasteiger charge is 2.36. The van der Waals surface area contributed by atoms with E-state index in [2.05, 4.69) is 5.32 Å². The maximum atomic E-state index is 12.4. The molecule has 2 aliphatic rings. The van der Waals surface area contributed by atoms with Crippen molar-refractivity contribution in [2.24, 2.45) is 11.8 Å². The molecule has 0 aromatic heterocycles. The zero-order valence-corrected chi connectivity index (χ0v) is 16.3. The topological polar surface area (TPSA) is 67.9 Å². The van der Waals surface area contributed by atoms with Crippen molar-refractivity contribution in [2.75, 3.05) is 32.8 Å². The fourth-order valence-electron chi connectivity index (χ4n) is 3.46. The van der Waals surface area contributed by atoms with Crippen LogP contribution in [0.15, 0.2) is 18.2 Å². The molecule has 2 amide bonds. The largest absolute Gasteiger partial charge is 0.490 e. The number of ether oxygens (including phenoxy) is 2. The van der Waals surface area contributed by atoms with Crippen LogP contribution in [0.4, 0.5) is 0 Å². The molecule has 148 valence electrons. The summed E-state index contributed by atoms with van der Waals surface area (Å²) >= 11 is 0. The third kappa shape index (κ3) is 5.37. The Kier molecular flexibility index (Phi) is 6.58. The van der Waals surface area contributed by atoms with Crippen LogP contribution in [0, 0.1) is 11.8 Å². The molecule has 3 rings (SSSR count). The van der Waals surface area contributed by atoms with Gasteiger partial charge in [-0.15, -0.1) is 0 Å². The maximum Gasteiger partial charge on any atom is 0.225 e. The molecule has 2 fully saturated rings. The van der Waals surface area contributed by atoms with Crippen LogP contribution in [-0.2, 0) is 16.0 Å². The molecule has 6 heteroatoms. The first-order valence-electron chi connectivity index (χ1n) is 10.0. The summed E-state index contributed by atoms with van der Waals surface area (Å²) in [5.74, 6) is 2.03. The second-order valence-corrected chi connectivity index (χ2v) is 7.33. The van der Waals surface area contributed by atoms with Crippen molar-refractivity contribution in [3.05, 3.63) is 23.8 Å². The minimum atomic E-state index is -0.212. The highest BCUT2D eigenvalue weighted by molar-refractivity contribution is 5.89. The average Bonchev–Trinajstić information content (AvgIpc) is 3.39. The molecule has 6 nitrogen and oxygen atoms in total. The van der Waals surface area contributed by atoms with Gasteiger partial charge in [0.05, 0.1) is 19.1 Å². The summed E-state index contributed by atoms with van der Waals surface area (Å²) in [5, 5.41) is 2.98. The molecular weight excluding hydrogens is 344 g/mol. The molecule has 1 aliphatic carbocycles. The Bertz CT molecular complexity index is 672. The number of benzene rings is 1. The van der Waals surface area contributed by atoms with Gasteiger partial charge in [0.2, 0.25) is 11.8 Å². The Morgan fingerprint density at radius 3 is 2.63 bits per heavy atom. The van der Waals surface area contributed by atoms with E-state index < -0.39 is 0 Å². The van der Waals surface area contributed by atoms with Crippen LogP contribution in [0.1, 0.15) is 38.7 Å². The lowest BCUT2D eigenvalue weighted by Gasteiger charge is -2.16. The highest BCUT2D eigenvalue weighted by atomic mass is 16.5. The van der Waals surface area contributed by atoms with Crippen molar-refractivity contribution in [1.29, 1.82) is 0 Å². The molecule has 0 spiro atoms. The van der Waals surface area contributed by atoms with Crippen molar-refractivity contribution in [1.82, 2.24) is 10.2 Å². The van der Waals surface area contributed by atoms with E-state index in [9.17, 15) is 9.59 Å². The minimum Gasteiger partial charge on any atom is -0.490 e. The Morgan fingerprint density at radius 2 is 1.93 bits per heavy atom. The van der Waals surface area contributed by atoms with Gasteiger partial charge in [0, 0.05) is 26.1 Å². The predicted molar refractivity (Wildman–Crippen MR) is 103 cm³/mol. The SMILES string of the molecule is CCOc1ccc(CCNC(=O)C2CC(=O)N(CC3CC3)C2)cc1OCC. The molecule has 1 atom stereocenters. The molecule has 1 unspecified atom stereocenters. The van der Waals surface area contributed by atoms with Crippen LogP contribution in [0.25, 0.3) is 0 Å². The first-order chi connectivity index (χ1) is 13.1. The molecule has 0 radical (unpaired) electrons. The molecule has 27 heavy (non-hydrogen) atoms. The number of hydrogen-bond acceptors (Lipinski definition) is 4. The normalized spacial score (nSPS) is 19.3. The summed E-state index contributed by atoms with van der Waals surface area (Å²) in [4.78, 5) is 26.3. The van der Waals surface area contributed by atoms with Gasteiger partial charge in [-0.3, -0.25) is 9.59 Å². The first-order valence-corrected chi connectivity index (χ1v) is 10.0. The molecule has 0 bridgehead atoms. The lowest BCUT2D eigenvalue weighted by molar-refractivity contribution is -0.129. The standard InChI is InChI=1S/C21H30N2O4/c1-3-26-18-8-7-15(11-19(18)27-4-2)9-10-22-21(25)17-12-20(24)23(14-17)13-16-5-6-16/h7-8,11,16-17H,3-6,9-10,12-14H2,1-2H3,(H,22,25). The third-order valence-corrected chi connectivity index (χ3v) is 5.08. The Hall–Kier alpha value is -2.24. The van der Waals surface area contributed by atoms with E-state index >= 15 is 0 Å². The van der Waals surface area contributed by atoms with Crippen LogP contribution < -0.4 is 14.8 Å². The van der Waals surface area contributed by atoms with Crippen LogP contribution in [-0.4, -0.2) is 49.6 Å². The summed E-state index contributed by atoms with van der Waals surface area (Å²) in [5.41, 5.74) is 1.08. The number of nitrogens with zero attached hydrogens (tertiary/aromatic N) is 1. The fourth-order valence-corrected chi connectivity index (χ4v) is 3.46. The van der Waals surface area contributed by atoms with Crippen LogP contribution in [0.3, 0.4) is 0 Å². The molecule has 1 aliphatic heterocycles. The summed E-state index contributed by atoms with van der Waals surface area (Å²) in [6.45, 7) is 7.00. The van der Waals surface area contributed by atoms with Gasteiger partial charge in [-0.2, -0.15) is 0 Å². The Labute approximate surface area is 161 Å². The molecular formula is C21H30N2O4. The zero-order chi connectivity index (χ0) is 19.2. The summed E-state index contributed by atoms with van der Waals surface area (Å²) in [6, 6.07) is 5.88. The van der Waals surface area contributed by atoms with Gasteiger partial charge >= 0.3 is 0 Å². The summed E-state index contributed by atoms with van der Waals surface area (Å²) in [6.07, 6.45) is 3.49. The van der Waals surface area contributed by atoms with E-state index in [1.165, 1.54) is 12.8 Å². The van der Waals surface area contributed by atoms with E-state index in [1.807, 2.05) is 36.9 Å². The van der Waals surface area contributed by atoms with Crippen LogP contribution in [0.5, 0.6) is 11.5 Å². The summed E-state index contributed by atoms with van der Waals surface area (Å²) < 4.78 is 11.2. The van der Waals surface area contributed by atoms with Gasteiger partial charge in [0.25, 0.3) is 0 Å². The molecule has 1 N–H and O–H groups in total. The number of nitrogens with one attached hydrogen (secondary N) is 1. The van der Waals surface area contributed by atoms with Crippen molar-refractivity contribution in [3.63, 3.8) is 0 Å². The van der Waals surface area contributed by atoms with Crippen molar-refractivity contribution in [3.8, 4) is 11.5 Å². The molecule has 1 saturated heterocycles. The van der Waals surface area contributed by atoms with Gasteiger partial charge < -0.3 is 19.7 Å². The number of likely N-dealkylation sites (tertiary alicyclic amines) is 1. The lowest BCUT2D eigenvalue weighted by atomic mass is 10.1. The lowest BCUT2D eigenvalue weighted by Crippen LogP contribution is -2.34. The Morgan fingerprint density at radius 1 is 1.19 bits per heavy atom. The van der Waals surface area contributed by atoms with Crippen molar-refractivity contribution >= 4 is 11.8 Å². The maximum absolute atomic E-state index is 12.4. The van der Waals surface area contributed by atoms with Crippen LogP contribution >= 0.6 is 0 Å². The average molecular weight is 374 g/mol. The highest BCUT2D eigenvalue weighted by Crippen LogP contribution is 2.32. The van der Waals surface area contributed by atoms with Gasteiger partial charge in [-0.25, -0.2) is 0 Å². The number of carbonyl (C=O) groups is 2. The number of hydrogen-bond donors (Lipinski definition) is 1. The third-order valence-electron chi connectivity index (χ3n) is 5.08. The van der Waals surface area contributed by atoms with Gasteiger partial charge in [-0.05, 0) is 56.7 Å². The smallest absolute Gasteiger partial charge is 0.225 e. The quantitative estimate of drug-likeness (QED) is 0.683. The fraction of sp³-hybridized carbons (Fsp3) is 0.619. The number of amides is 2. The van der Waals surface area contributed by atoms with Crippen molar-refractivity contribution < 1.29 is 19.1 Å². The van der Waals surface area contributed by atoms with Crippen molar-refractivity contribution in [2.45, 2.75) is 39.5 Å². The second-order valence-electron chi connectivity index (χ2n) is 7.33. The van der Waals surface area contributed by atoms with E-state index in [4.69, 9.17) is 9.47 Å². The van der Waals surface area contributed by atoms with Gasteiger partial charge in [0.15, 0.2) is 11.5 Å². The van der Waals surface area contributed by atoms with Crippen LogP contribution in [0.2, 0.25) is 0 Å². The molecule has 1 aromatic rings. The Balaban J connectivity index is 1.46. The minimum absolute atomic E-state index is 0.0161. The molecule has 1 heterocycles. The molecule has 1 aromatic carbocycles. The predicted octanol–water partition coefficient (Wildman–Crippen LogP) is 2.40. The molecule has 1 saturated carbocycles. The van der Waals surface area contributed by atoms with E-state index in [-0.39, 0.29) is 17.7 Å². The van der Waals surface area contributed by atoms with Gasteiger partial charge in [0.1, 0.15) is 0 Å². The number of rotatable bonds is 10. The van der Waals surface area contributed by atoms with E-state index in [1.54, 1.807) is 0 Å².